The summed E-state index contributed by atoms with van der Waals surface area (Å²) in [6.45, 7) is 6.37. The first-order chi connectivity index (χ1) is 16.0. The smallest absolute Gasteiger partial charge is 0.238 e. The van der Waals surface area contributed by atoms with Crippen LogP contribution in [0.3, 0.4) is 0 Å². The van der Waals surface area contributed by atoms with Gasteiger partial charge in [-0.15, -0.1) is 0 Å². The second-order valence-corrected chi connectivity index (χ2v) is 7.78. The van der Waals surface area contributed by atoms with Gasteiger partial charge in [-0.05, 0) is 42.8 Å². The number of imidazole rings is 1. The van der Waals surface area contributed by atoms with Crippen molar-refractivity contribution in [2.24, 2.45) is 16.6 Å². The molecule has 33 heavy (non-hydrogen) atoms. The number of aliphatic imine (C=N–C) groups is 1. The Kier molecular flexibility index (Phi) is 6.35. The summed E-state index contributed by atoms with van der Waals surface area (Å²) < 4.78 is 5.95. The largest absolute Gasteiger partial charge is 0.437 e. The lowest BCUT2D eigenvalue weighted by atomic mass is 10.1. The quantitative estimate of drug-likeness (QED) is 0.330. The number of allylic oxidation sites excluding steroid dienone is 1. The van der Waals surface area contributed by atoms with E-state index in [0.29, 0.717) is 30.1 Å². The number of carbonyl (C=O) groups excluding carboxylic acids is 2. The molecule has 2 aromatic carbocycles. The van der Waals surface area contributed by atoms with E-state index in [1.54, 1.807) is 36.1 Å². The number of aromatic amines is 1. The number of H-pyrrole nitrogens is 1. The Balaban J connectivity index is 1.52. The summed E-state index contributed by atoms with van der Waals surface area (Å²) in [5.41, 5.74) is 8.86. The van der Waals surface area contributed by atoms with Crippen LogP contribution in [-0.4, -0.2) is 45.9 Å². The summed E-state index contributed by atoms with van der Waals surface area (Å²) in [4.78, 5) is 37.9. The number of nitrogens with zero attached hydrogens (tertiary/aromatic N) is 3. The number of ketones is 1. The molecule has 3 aromatic rings. The third kappa shape index (κ3) is 4.85. The molecule has 0 saturated carbocycles. The Morgan fingerprint density at radius 2 is 2.00 bits per heavy atom. The van der Waals surface area contributed by atoms with Gasteiger partial charge in [0.05, 0.1) is 16.7 Å². The topological polar surface area (TPSA) is 114 Å². The summed E-state index contributed by atoms with van der Waals surface area (Å²) >= 11 is 0. The molecule has 8 heteroatoms. The summed E-state index contributed by atoms with van der Waals surface area (Å²) in [5.74, 6) is 0.778. The molecule has 0 aliphatic carbocycles. The van der Waals surface area contributed by atoms with Crippen LogP contribution < -0.4 is 10.5 Å². The molecule has 1 atom stereocenters. The minimum Gasteiger partial charge on any atom is -0.437 e. The van der Waals surface area contributed by atoms with Crippen LogP contribution in [0.5, 0.6) is 5.75 Å². The van der Waals surface area contributed by atoms with Gasteiger partial charge in [-0.2, -0.15) is 0 Å². The molecule has 1 saturated heterocycles. The number of nitrogens with one attached hydrogen (secondary N) is 1. The van der Waals surface area contributed by atoms with Gasteiger partial charge in [-0.1, -0.05) is 24.8 Å². The molecule has 1 amide bonds. The Hall–Kier alpha value is -4.20. The Morgan fingerprint density at radius 3 is 2.67 bits per heavy atom. The zero-order valence-corrected chi connectivity index (χ0v) is 18.3. The number of aromatic nitrogens is 2. The van der Waals surface area contributed by atoms with E-state index >= 15 is 0 Å². The third-order valence-electron chi connectivity index (χ3n) is 5.55. The van der Waals surface area contributed by atoms with Crippen molar-refractivity contribution < 1.29 is 14.3 Å². The zero-order chi connectivity index (χ0) is 23.4. The second-order valence-electron chi connectivity index (χ2n) is 7.78. The van der Waals surface area contributed by atoms with Gasteiger partial charge in [0.15, 0.2) is 5.82 Å². The predicted octanol–water partition coefficient (Wildman–Crippen LogP) is 3.43. The normalized spacial score (nSPS) is 16.8. The first-order valence-electron chi connectivity index (χ1n) is 10.6. The minimum absolute atomic E-state index is 0.0204. The molecule has 4 rings (SSSR count). The standard InChI is InChI=1S/C25H25N5O3/c1-3-13-27-25(22(26)18-12-14-30(15-18)16(2)31)33-19-10-8-17(9-11-19)23(32)24-28-20-6-4-5-7-21(20)29-24/h3-11,13,18H,1,12,14-15,26H2,2H3,(H,28,29)/b25-22+,27-13?/t18-/m0/s1. The van der Waals surface area contributed by atoms with Crippen LogP contribution >= 0.6 is 0 Å². The SMILES string of the molecule is C=CC=N/C(Oc1ccc(C(=O)c2nc3ccccc3[nH]2)cc1)=C(\N)[C@H]1CCN(C(C)=O)C1. The van der Waals surface area contributed by atoms with Crippen molar-refractivity contribution in [3.63, 3.8) is 0 Å². The van der Waals surface area contributed by atoms with Gasteiger partial charge in [0.2, 0.25) is 17.6 Å². The van der Waals surface area contributed by atoms with Crippen LogP contribution in [0.15, 0.2) is 77.8 Å². The van der Waals surface area contributed by atoms with Crippen LogP contribution in [0.2, 0.25) is 0 Å². The number of rotatable bonds is 7. The van der Waals surface area contributed by atoms with E-state index in [-0.39, 0.29) is 29.3 Å². The molecule has 1 fully saturated rings. The molecular formula is C25H25N5O3. The van der Waals surface area contributed by atoms with Crippen molar-refractivity contribution in [1.29, 1.82) is 0 Å². The minimum atomic E-state index is -0.215. The summed E-state index contributed by atoms with van der Waals surface area (Å²) in [7, 11) is 0. The third-order valence-corrected chi connectivity index (χ3v) is 5.55. The first kappa shape index (κ1) is 22.0. The maximum Gasteiger partial charge on any atom is 0.238 e. The molecule has 1 aromatic heterocycles. The molecule has 0 spiro atoms. The number of likely N-dealkylation sites (tertiary alicyclic amines) is 1. The Labute approximate surface area is 191 Å². The summed E-state index contributed by atoms with van der Waals surface area (Å²) in [6, 6.07) is 14.2. The maximum atomic E-state index is 12.8. The highest BCUT2D eigenvalue weighted by atomic mass is 16.5. The number of carbonyl (C=O) groups is 2. The van der Waals surface area contributed by atoms with Crippen molar-refractivity contribution in [2.75, 3.05) is 13.1 Å². The van der Waals surface area contributed by atoms with Gasteiger partial charge in [-0.3, -0.25) is 9.59 Å². The van der Waals surface area contributed by atoms with Gasteiger partial charge >= 0.3 is 0 Å². The van der Waals surface area contributed by atoms with Crippen LogP contribution in [0, 0.1) is 5.92 Å². The second kappa shape index (κ2) is 9.52. The van der Waals surface area contributed by atoms with Crippen LogP contribution in [0.1, 0.15) is 29.5 Å². The van der Waals surface area contributed by atoms with E-state index in [9.17, 15) is 9.59 Å². The molecule has 168 valence electrons. The van der Waals surface area contributed by atoms with Crippen LogP contribution in [0.25, 0.3) is 11.0 Å². The maximum absolute atomic E-state index is 12.8. The van der Waals surface area contributed by atoms with E-state index in [4.69, 9.17) is 10.5 Å². The number of nitrogens with two attached hydrogens (primary N) is 1. The monoisotopic (exact) mass is 443 g/mol. The average molecular weight is 444 g/mol. The van der Waals surface area contributed by atoms with Gasteiger partial charge in [0.25, 0.3) is 0 Å². The van der Waals surface area contributed by atoms with Gasteiger partial charge in [0, 0.05) is 37.7 Å². The Bertz CT molecular complexity index is 1220. The molecular weight excluding hydrogens is 418 g/mol. The molecule has 0 radical (unpaired) electrons. The lowest BCUT2D eigenvalue weighted by molar-refractivity contribution is -0.127. The fraction of sp³-hybridized carbons (Fsp3) is 0.200. The number of benzene rings is 2. The van der Waals surface area contributed by atoms with Crippen molar-refractivity contribution in [3.8, 4) is 5.75 Å². The fourth-order valence-electron chi connectivity index (χ4n) is 3.74. The number of hydrogen-bond acceptors (Lipinski definition) is 6. The zero-order valence-electron chi connectivity index (χ0n) is 18.3. The average Bonchev–Trinajstić information content (AvgIpc) is 3.49. The van der Waals surface area contributed by atoms with E-state index in [2.05, 4.69) is 21.5 Å². The number of hydrogen-bond donors (Lipinski definition) is 2. The van der Waals surface area contributed by atoms with Crippen molar-refractivity contribution >= 4 is 28.9 Å². The lowest BCUT2D eigenvalue weighted by Gasteiger charge is -2.16. The highest BCUT2D eigenvalue weighted by molar-refractivity contribution is 6.08. The van der Waals surface area contributed by atoms with Crippen molar-refractivity contribution in [3.05, 3.63) is 84.2 Å². The van der Waals surface area contributed by atoms with E-state index < -0.39 is 0 Å². The van der Waals surface area contributed by atoms with Crippen molar-refractivity contribution in [2.45, 2.75) is 13.3 Å². The summed E-state index contributed by atoms with van der Waals surface area (Å²) in [5, 5.41) is 0. The highest BCUT2D eigenvalue weighted by Gasteiger charge is 2.28. The number of fused-ring (bicyclic) bond motifs is 1. The van der Waals surface area contributed by atoms with Gasteiger partial charge < -0.3 is 20.4 Å². The molecule has 0 bridgehead atoms. The molecule has 1 aliphatic heterocycles. The summed E-state index contributed by atoms with van der Waals surface area (Å²) in [6.07, 6.45) is 3.77. The first-order valence-corrected chi connectivity index (χ1v) is 10.6. The molecule has 8 nitrogen and oxygen atoms in total. The fourth-order valence-corrected chi connectivity index (χ4v) is 3.74. The van der Waals surface area contributed by atoms with E-state index in [0.717, 1.165) is 17.5 Å². The highest BCUT2D eigenvalue weighted by Crippen LogP contribution is 2.26. The molecule has 0 unspecified atom stereocenters. The van der Waals surface area contributed by atoms with E-state index in [1.165, 1.54) is 12.3 Å². The molecule has 1 aliphatic rings. The number of ether oxygens (including phenoxy) is 1. The lowest BCUT2D eigenvalue weighted by Crippen LogP contribution is -2.27. The van der Waals surface area contributed by atoms with Gasteiger partial charge in [-0.25, -0.2) is 9.98 Å². The molecule has 3 N–H and O–H groups in total. The molecule has 2 heterocycles. The predicted molar refractivity (Wildman–Crippen MR) is 127 cm³/mol. The van der Waals surface area contributed by atoms with Crippen LogP contribution in [-0.2, 0) is 4.79 Å². The van der Waals surface area contributed by atoms with Crippen LogP contribution in [0.4, 0.5) is 0 Å². The Morgan fingerprint density at radius 1 is 1.24 bits per heavy atom. The van der Waals surface area contributed by atoms with Crippen molar-refractivity contribution in [1.82, 2.24) is 14.9 Å². The number of amides is 1. The van der Waals surface area contributed by atoms with E-state index in [1.807, 2.05) is 24.3 Å². The number of para-hydroxylation sites is 2. The van der Waals surface area contributed by atoms with Gasteiger partial charge in [0.1, 0.15) is 5.75 Å².